The van der Waals surface area contributed by atoms with E-state index in [1.54, 1.807) is 0 Å². The van der Waals surface area contributed by atoms with Gasteiger partial charge in [0.05, 0.1) is 0 Å². The minimum Gasteiger partial charge on any atom is -0.396 e. The molecule has 1 aliphatic rings. The summed E-state index contributed by atoms with van der Waals surface area (Å²) in [5.74, 6) is 0. The zero-order chi connectivity index (χ0) is 15.3. The van der Waals surface area contributed by atoms with Crippen molar-refractivity contribution in [2.75, 3.05) is 13.2 Å². The molecule has 1 heterocycles. The van der Waals surface area contributed by atoms with E-state index in [1.807, 2.05) is 0 Å². The van der Waals surface area contributed by atoms with E-state index in [-0.39, 0.29) is 12.0 Å². The molecule has 0 spiro atoms. The molecule has 0 aromatic heterocycles. The van der Waals surface area contributed by atoms with Gasteiger partial charge in [-0.15, -0.1) is 0 Å². The number of aliphatic hydroxyl groups excluding tert-OH is 1. The fraction of sp³-hybridized carbons (Fsp3) is 0.400. The highest BCUT2D eigenvalue weighted by atomic mass is 16.3. The Labute approximate surface area is 133 Å². The first-order valence-electron chi connectivity index (χ1n) is 8.22. The van der Waals surface area contributed by atoms with Gasteiger partial charge in [0.25, 0.3) is 0 Å². The van der Waals surface area contributed by atoms with Crippen LogP contribution in [0, 0.1) is 5.41 Å². The van der Waals surface area contributed by atoms with Crippen molar-refractivity contribution in [3.05, 3.63) is 71.8 Å². The standard InChI is InChI=1S/C20H25NO/c22-12-11-20(14-18-9-5-2-6-10-18)15-19(21-16-20)13-17-7-3-1-4-8-17/h1-10,19,21-22H,11-16H2. The fourth-order valence-corrected chi connectivity index (χ4v) is 3.75. The van der Waals surface area contributed by atoms with Crippen LogP contribution in [0.1, 0.15) is 24.0 Å². The number of benzene rings is 2. The number of hydrogen-bond acceptors (Lipinski definition) is 2. The molecule has 0 radical (unpaired) electrons. The van der Waals surface area contributed by atoms with Crippen LogP contribution in [0.3, 0.4) is 0 Å². The SMILES string of the molecule is OCCC1(Cc2ccccc2)CNC(Cc2ccccc2)C1. The highest BCUT2D eigenvalue weighted by Crippen LogP contribution is 2.37. The van der Waals surface area contributed by atoms with Gasteiger partial charge in [-0.2, -0.15) is 0 Å². The summed E-state index contributed by atoms with van der Waals surface area (Å²) in [5, 5.41) is 13.2. The second kappa shape index (κ2) is 7.08. The van der Waals surface area contributed by atoms with Crippen LogP contribution in [-0.2, 0) is 12.8 Å². The Morgan fingerprint density at radius 2 is 1.59 bits per heavy atom. The number of nitrogens with one attached hydrogen (secondary N) is 1. The molecular formula is C20H25NO. The summed E-state index contributed by atoms with van der Waals surface area (Å²) in [6.45, 7) is 1.27. The van der Waals surface area contributed by atoms with Crippen LogP contribution in [0.15, 0.2) is 60.7 Å². The Balaban J connectivity index is 1.68. The van der Waals surface area contributed by atoms with Gasteiger partial charge in [-0.05, 0) is 42.2 Å². The van der Waals surface area contributed by atoms with E-state index >= 15 is 0 Å². The Morgan fingerprint density at radius 1 is 0.955 bits per heavy atom. The molecule has 2 atom stereocenters. The van der Waals surface area contributed by atoms with Gasteiger partial charge < -0.3 is 10.4 Å². The van der Waals surface area contributed by atoms with Crippen LogP contribution in [0.4, 0.5) is 0 Å². The first-order valence-corrected chi connectivity index (χ1v) is 8.22. The lowest BCUT2D eigenvalue weighted by atomic mass is 9.76. The van der Waals surface area contributed by atoms with Gasteiger partial charge in [-0.3, -0.25) is 0 Å². The van der Waals surface area contributed by atoms with Crippen LogP contribution < -0.4 is 5.32 Å². The molecule has 0 bridgehead atoms. The number of aliphatic hydroxyl groups is 1. The lowest BCUT2D eigenvalue weighted by Crippen LogP contribution is -2.28. The molecule has 2 nitrogen and oxygen atoms in total. The molecule has 22 heavy (non-hydrogen) atoms. The summed E-state index contributed by atoms with van der Waals surface area (Å²) in [5.41, 5.74) is 2.95. The molecule has 2 unspecified atom stereocenters. The van der Waals surface area contributed by atoms with Crippen LogP contribution in [0.5, 0.6) is 0 Å². The minimum absolute atomic E-state index is 0.190. The molecule has 0 saturated carbocycles. The third kappa shape index (κ3) is 3.76. The molecule has 2 aromatic carbocycles. The summed E-state index contributed by atoms with van der Waals surface area (Å²) in [4.78, 5) is 0. The van der Waals surface area contributed by atoms with Crippen molar-refractivity contribution in [1.82, 2.24) is 5.32 Å². The van der Waals surface area contributed by atoms with E-state index < -0.39 is 0 Å². The molecule has 2 heteroatoms. The molecular weight excluding hydrogens is 270 g/mol. The quantitative estimate of drug-likeness (QED) is 0.858. The average molecular weight is 295 g/mol. The van der Waals surface area contributed by atoms with E-state index in [0.717, 1.165) is 32.2 Å². The van der Waals surface area contributed by atoms with Gasteiger partial charge in [-0.25, -0.2) is 0 Å². The molecule has 1 aliphatic heterocycles. The second-order valence-electron chi connectivity index (χ2n) is 6.61. The third-order valence-corrected chi connectivity index (χ3v) is 4.83. The molecule has 2 N–H and O–H groups in total. The Morgan fingerprint density at radius 3 is 2.23 bits per heavy atom. The van der Waals surface area contributed by atoms with Gasteiger partial charge in [-0.1, -0.05) is 60.7 Å². The van der Waals surface area contributed by atoms with Crippen LogP contribution in [0.2, 0.25) is 0 Å². The summed E-state index contributed by atoms with van der Waals surface area (Å²) < 4.78 is 0. The lowest BCUT2D eigenvalue weighted by molar-refractivity contribution is 0.192. The van der Waals surface area contributed by atoms with Crippen LogP contribution >= 0.6 is 0 Å². The molecule has 2 aromatic rings. The summed E-state index contributed by atoms with van der Waals surface area (Å²) >= 11 is 0. The van der Waals surface area contributed by atoms with Gasteiger partial charge in [0.1, 0.15) is 0 Å². The first kappa shape index (κ1) is 15.3. The maximum absolute atomic E-state index is 9.52. The second-order valence-corrected chi connectivity index (χ2v) is 6.61. The maximum Gasteiger partial charge on any atom is 0.0436 e. The third-order valence-electron chi connectivity index (χ3n) is 4.83. The Hall–Kier alpha value is -1.64. The van der Waals surface area contributed by atoms with Gasteiger partial charge in [0, 0.05) is 19.2 Å². The smallest absolute Gasteiger partial charge is 0.0436 e. The van der Waals surface area contributed by atoms with E-state index in [0.29, 0.717) is 6.04 Å². The predicted octanol–water partition coefficient (Wildman–Crippen LogP) is 3.20. The van der Waals surface area contributed by atoms with Crippen LogP contribution in [-0.4, -0.2) is 24.3 Å². The average Bonchev–Trinajstić information content (AvgIpc) is 2.92. The highest BCUT2D eigenvalue weighted by molar-refractivity contribution is 5.20. The Kier molecular flexibility index (Phi) is 4.91. The lowest BCUT2D eigenvalue weighted by Gasteiger charge is -2.28. The topological polar surface area (TPSA) is 32.3 Å². The predicted molar refractivity (Wildman–Crippen MR) is 90.8 cm³/mol. The monoisotopic (exact) mass is 295 g/mol. The van der Waals surface area contributed by atoms with E-state index in [2.05, 4.69) is 66.0 Å². The van der Waals surface area contributed by atoms with Crippen molar-refractivity contribution in [3.63, 3.8) is 0 Å². The van der Waals surface area contributed by atoms with Crippen molar-refractivity contribution in [2.45, 2.75) is 31.7 Å². The van der Waals surface area contributed by atoms with Gasteiger partial charge in [0.15, 0.2) is 0 Å². The van der Waals surface area contributed by atoms with E-state index in [9.17, 15) is 5.11 Å². The molecule has 0 aliphatic carbocycles. The Bertz CT molecular complexity index is 569. The zero-order valence-electron chi connectivity index (χ0n) is 13.0. The van der Waals surface area contributed by atoms with Crippen molar-refractivity contribution < 1.29 is 5.11 Å². The molecule has 116 valence electrons. The fourth-order valence-electron chi connectivity index (χ4n) is 3.75. The molecule has 0 amide bonds. The van der Waals surface area contributed by atoms with Gasteiger partial charge in [0.2, 0.25) is 0 Å². The van der Waals surface area contributed by atoms with E-state index in [4.69, 9.17) is 0 Å². The van der Waals surface area contributed by atoms with Crippen LogP contribution in [0.25, 0.3) is 0 Å². The summed E-state index contributed by atoms with van der Waals surface area (Å²) in [6.07, 6.45) is 4.13. The van der Waals surface area contributed by atoms with Crippen molar-refractivity contribution in [2.24, 2.45) is 5.41 Å². The number of rotatable bonds is 6. The minimum atomic E-state index is 0.190. The largest absolute Gasteiger partial charge is 0.396 e. The zero-order valence-corrected chi connectivity index (χ0v) is 13.0. The summed E-state index contributed by atoms with van der Waals surface area (Å²) in [6, 6.07) is 21.9. The van der Waals surface area contributed by atoms with Crippen molar-refractivity contribution >= 4 is 0 Å². The summed E-state index contributed by atoms with van der Waals surface area (Å²) in [7, 11) is 0. The molecule has 1 saturated heterocycles. The van der Waals surface area contributed by atoms with Crippen molar-refractivity contribution in [1.29, 1.82) is 0 Å². The maximum atomic E-state index is 9.52. The van der Waals surface area contributed by atoms with Gasteiger partial charge >= 0.3 is 0 Å². The van der Waals surface area contributed by atoms with E-state index in [1.165, 1.54) is 11.1 Å². The molecule has 1 fully saturated rings. The molecule has 3 rings (SSSR count). The highest BCUT2D eigenvalue weighted by Gasteiger charge is 2.38. The normalized spacial score (nSPS) is 24.5. The number of hydrogen-bond donors (Lipinski definition) is 2. The first-order chi connectivity index (χ1) is 10.8. The van der Waals surface area contributed by atoms with Crippen molar-refractivity contribution in [3.8, 4) is 0 Å².